The van der Waals surface area contributed by atoms with Crippen LogP contribution in [0.15, 0.2) is 60.9 Å². The predicted molar refractivity (Wildman–Crippen MR) is 91.5 cm³/mol. The fourth-order valence-electron chi connectivity index (χ4n) is 2.39. The van der Waals surface area contributed by atoms with Gasteiger partial charge in [-0.2, -0.15) is 5.10 Å². The largest absolute Gasteiger partial charge is 0.319 e. The molecule has 4 nitrogen and oxygen atoms in total. The first-order valence-corrected chi connectivity index (χ1v) is 7.81. The Morgan fingerprint density at radius 2 is 1.75 bits per heavy atom. The molecule has 1 heterocycles. The normalized spacial score (nSPS) is 10.6. The minimum atomic E-state index is -0.263. The van der Waals surface area contributed by atoms with E-state index in [4.69, 9.17) is 0 Å². The number of hydrogen-bond donors (Lipinski definition) is 1. The molecule has 0 bridgehead atoms. The number of amides is 1. The first kappa shape index (κ1) is 15.9. The Bertz CT molecular complexity index is 823. The molecular formula is C19H18FN3O. The highest BCUT2D eigenvalue weighted by molar-refractivity contribution is 6.04. The second-order valence-corrected chi connectivity index (χ2v) is 5.56. The molecule has 0 unspecified atom stereocenters. The van der Waals surface area contributed by atoms with Gasteiger partial charge in [-0.15, -0.1) is 0 Å². The van der Waals surface area contributed by atoms with Gasteiger partial charge in [-0.05, 0) is 41.8 Å². The third-order valence-corrected chi connectivity index (χ3v) is 3.77. The second kappa shape index (κ2) is 7.08. The standard InChI is InChI=1S/C19H18FN3O/c1-2-14-3-7-16(8-4-14)19(24)22-18-11-21-23(13-18)12-15-5-9-17(20)10-6-15/h3-11,13H,2,12H2,1H3,(H,22,24). The molecule has 0 aliphatic rings. The Morgan fingerprint density at radius 3 is 2.42 bits per heavy atom. The van der Waals surface area contributed by atoms with Gasteiger partial charge in [-0.25, -0.2) is 4.39 Å². The quantitative estimate of drug-likeness (QED) is 0.774. The van der Waals surface area contributed by atoms with Crippen molar-refractivity contribution in [3.63, 3.8) is 0 Å². The lowest BCUT2D eigenvalue weighted by Crippen LogP contribution is -2.11. The van der Waals surface area contributed by atoms with Gasteiger partial charge in [0, 0.05) is 11.8 Å². The van der Waals surface area contributed by atoms with Crippen molar-refractivity contribution >= 4 is 11.6 Å². The van der Waals surface area contributed by atoms with Gasteiger partial charge >= 0.3 is 0 Å². The molecule has 1 amide bonds. The zero-order valence-electron chi connectivity index (χ0n) is 13.4. The molecule has 1 N–H and O–H groups in total. The monoisotopic (exact) mass is 323 g/mol. The minimum Gasteiger partial charge on any atom is -0.319 e. The van der Waals surface area contributed by atoms with Gasteiger partial charge in [0.2, 0.25) is 0 Å². The average molecular weight is 323 g/mol. The summed E-state index contributed by atoms with van der Waals surface area (Å²) in [7, 11) is 0. The first-order valence-electron chi connectivity index (χ1n) is 7.81. The summed E-state index contributed by atoms with van der Waals surface area (Å²) in [6.45, 7) is 2.59. The van der Waals surface area contributed by atoms with Crippen LogP contribution in [0.4, 0.5) is 10.1 Å². The maximum absolute atomic E-state index is 12.9. The molecule has 0 aliphatic heterocycles. The lowest BCUT2D eigenvalue weighted by molar-refractivity contribution is 0.102. The van der Waals surface area contributed by atoms with Crippen LogP contribution in [0.25, 0.3) is 0 Å². The number of aromatic nitrogens is 2. The number of halogens is 1. The molecular weight excluding hydrogens is 305 g/mol. The topological polar surface area (TPSA) is 46.9 Å². The summed E-state index contributed by atoms with van der Waals surface area (Å²) in [4.78, 5) is 12.2. The van der Waals surface area contributed by atoms with E-state index in [1.54, 1.807) is 29.2 Å². The van der Waals surface area contributed by atoms with E-state index in [1.165, 1.54) is 17.7 Å². The van der Waals surface area contributed by atoms with Gasteiger partial charge < -0.3 is 5.32 Å². The molecule has 0 spiro atoms. The summed E-state index contributed by atoms with van der Waals surface area (Å²) < 4.78 is 14.6. The molecule has 0 atom stereocenters. The average Bonchev–Trinajstić information content (AvgIpc) is 3.04. The van der Waals surface area contributed by atoms with Gasteiger partial charge in [-0.3, -0.25) is 9.48 Å². The molecule has 5 heteroatoms. The number of carbonyl (C=O) groups is 1. The van der Waals surface area contributed by atoms with E-state index in [2.05, 4.69) is 17.3 Å². The van der Waals surface area contributed by atoms with Crippen LogP contribution in [0.1, 0.15) is 28.4 Å². The van der Waals surface area contributed by atoms with Gasteiger partial charge in [0.25, 0.3) is 5.91 Å². The van der Waals surface area contributed by atoms with Gasteiger partial charge in [0.15, 0.2) is 0 Å². The smallest absolute Gasteiger partial charge is 0.255 e. The second-order valence-electron chi connectivity index (χ2n) is 5.56. The number of aryl methyl sites for hydroxylation is 1. The maximum Gasteiger partial charge on any atom is 0.255 e. The van der Waals surface area contributed by atoms with Crippen molar-refractivity contribution in [1.29, 1.82) is 0 Å². The molecule has 0 saturated carbocycles. The Kier molecular flexibility index (Phi) is 4.70. The molecule has 2 aromatic carbocycles. The predicted octanol–water partition coefficient (Wildman–Crippen LogP) is 3.89. The Labute approximate surface area is 139 Å². The number of benzene rings is 2. The highest BCUT2D eigenvalue weighted by Crippen LogP contribution is 2.12. The zero-order chi connectivity index (χ0) is 16.9. The van der Waals surface area contributed by atoms with E-state index < -0.39 is 0 Å². The summed E-state index contributed by atoms with van der Waals surface area (Å²) in [5.41, 5.74) is 3.37. The van der Waals surface area contributed by atoms with Gasteiger partial charge in [-0.1, -0.05) is 31.2 Å². The minimum absolute atomic E-state index is 0.168. The SMILES string of the molecule is CCc1ccc(C(=O)Nc2cnn(Cc3ccc(F)cc3)c2)cc1. The van der Waals surface area contributed by atoms with E-state index in [-0.39, 0.29) is 11.7 Å². The highest BCUT2D eigenvalue weighted by Gasteiger charge is 2.08. The first-order chi connectivity index (χ1) is 11.6. The fourth-order valence-corrected chi connectivity index (χ4v) is 2.39. The summed E-state index contributed by atoms with van der Waals surface area (Å²) in [5, 5.41) is 7.04. The van der Waals surface area contributed by atoms with Crippen LogP contribution in [0.5, 0.6) is 0 Å². The molecule has 0 fully saturated rings. The maximum atomic E-state index is 12.9. The number of nitrogens with zero attached hydrogens (tertiary/aromatic N) is 2. The van der Waals surface area contributed by atoms with Crippen LogP contribution in [0.3, 0.4) is 0 Å². The number of anilines is 1. The highest BCUT2D eigenvalue weighted by atomic mass is 19.1. The summed E-state index contributed by atoms with van der Waals surface area (Å²) in [6.07, 6.45) is 4.29. The lowest BCUT2D eigenvalue weighted by Gasteiger charge is -2.04. The van der Waals surface area contributed by atoms with Crippen molar-refractivity contribution in [1.82, 2.24) is 9.78 Å². The van der Waals surface area contributed by atoms with Crippen molar-refractivity contribution in [3.05, 3.63) is 83.4 Å². The van der Waals surface area contributed by atoms with E-state index in [0.29, 0.717) is 17.8 Å². The van der Waals surface area contributed by atoms with Crippen molar-refractivity contribution in [2.75, 3.05) is 5.32 Å². The third-order valence-electron chi connectivity index (χ3n) is 3.77. The van der Waals surface area contributed by atoms with Crippen LogP contribution >= 0.6 is 0 Å². The van der Waals surface area contributed by atoms with E-state index in [1.807, 2.05) is 24.3 Å². The van der Waals surface area contributed by atoms with Crippen LogP contribution in [0, 0.1) is 5.82 Å². The van der Waals surface area contributed by atoms with E-state index in [0.717, 1.165) is 12.0 Å². The van der Waals surface area contributed by atoms with Gasteiger partial charge in [0.1, 0.15) is 5.82 Å². The lowest BCUT2D eigenvalue weighted by atomic mass is 10.1. The van der Waals surface area contributed by atoms with Crippen molar-refractivity contribution in [2.45, 2.75) is 19.9 Å². The number of rotatable bonds is 5. The summed E-state index contributed by atoms with van der Waals surface area (Å²) >= 11 is 0. The van der Waals surface area contributed by atoms with Crippen molar-refractivity contribution < 1.29 is 9.18 Å². The molecule has 3 rings (SSSR count). The van der Waals surface area contributed by atoms with Crippen LogP contribution in [-0.2, 0) is 13.0 Å². The van der Waals surface area contributed by atoms with E-state index in [9.17, 15) is 9.18 Å². The molecule has 24 heavy (non-hydrogen) atoms. The Balaban J connectivity index is 1.64. The molecule has 0 saturated heterocycles. The Morgan fingerprint density at radius 1 is 1.08 bits per heavy atom. The number of nitrogens with one attached hydrogen (secondary N) is 1. The molecule has 122 valence electrons. The van der Waals surface area contributed by atoms with Crippen molar-refractivity contribution in [2.24, 2.45) is 0 Å². The fraction of sp³-hybridized carbons (Fsp3) is 0.158. The van der Waals surface area contributed by atoms with Gasteiger partial charge in [0.05, 0.1) is 18.4 Å². The molecule has 3 aromatic rings. The number of hydrogen-bond acceptors (Lipinski definition) is 2. The van der Waals surface area contributed by atoms with E-state index >= 15 is 0 Å². The summed E-state index contributed by atoms with van der Waals surface area (Å²) in [6, 6.07) is 13.8. The van der Waals surface area contributed by atoms with Crippen LogP contribution in [0.2, 0.25) is 0 Å². The molecule has 1 aromatic heterocycles. The van der Waals surface area contributed by atoms with Crippen LogP contribution in [-0.4, -0.2) is 15.7 Å². The number of carbonyl (C=O) groups excluding carboxylic acids is 1. The molecule has 0 radical (unpaired) electrons. The zero-order valence-corrected chi connectivity index (χ0v) is 13.4. The molecule has 0 aliphatic carbocycles. The summed E-state index contributed by atoms with van der Waals surface area (Å²) in [5.74, 6) is -0.430. The third kappa shape index (κ3) is 3.87. The van der Waals surface area contributed by atoms with Crippen molar-refractivity contribution in [3.8, 4) is 0 Å². The van der Waals surface area contributed by atoms with Crippen LogP contribution < -0.4 is 5.32 Å². The Hall–Kier alpha value is -2.95.